The second kappa shape index (κ2) is 8.23. The van der Waals surface area contributed by atoms with E-state index in [-0.39, 0.29) is 6.92 Å². The van der Waals surface area contributed by atoms with Gasteiger partial charge in [-0.05, 0) is 26.5 Å². The summed E-state index contributed by atoms with van der Waals surface area (Å²) in [6.07, 6.45) is 5.12. The Bertz CT molecular complexity index is 1010. The largest absolute Gasteiger partial charge is 0.386 e. The minimum Gasteiger partial charge on any atom is -0.353 e. The summed E-state index contributed by atoms with van der Waals surface area (Å²) >= 11 is 6.44. The van der Waals surface area contributed by atoms with E-state index in [1.165, 1.54) is 6.42 Å². The molecule has 2 aromatic rings. The molecule has 0 atom stereocenters. The highest BCUT2D eigenvalue weighted by Gasteiger charge is 2.30. The Morgan fingerprint density at radius 2 is 1.90 bits per heavy atom. The van der Waals surface area contributed by atoms with E-state index in [1.807, 2.05) is 10.6 Å². The van der Waals surface area contributed by atoms with Gasteiger partial charge < -0.3 is 15.2 Å². The van der Waals surface area contributed by atoms with Gasteiger partial charge in [-0.2, -0.15) is 13.2 Å². The fourth-order valence-corrected chi connectivity index (χ4v) is 4.06. The Hall–Kier alpha value is -2.46. The molecule has 0 aromatic carbocycles. The topological polar surface area (TPSA) is 51.9 Å². The maximum Gasteiger partial charge on any atom is 0.386 e. The molecule has 2 fully saturated rings. The van der Waals surface area contributed by atoms with Crippen LogP contribution in [0.3, 0.4) is 0 Å². The number of aromatic nitrogens is 3. The molecule has 5 heterocycles. The SMILES string of the molecule is CC(F)(F)F.Cc1c(C2=CN(C3CN(C)C3)NC=C2)nc(N2CCC2)c2ncc(Cl)n12. The number of nitrogens with zero attached hydrogens (tertiary/aromatic N) is 6. The van der Waals surface area contributed by atoms with Crippen molar-refractivity contribution < 1.29 is 13.2 Å². The van der Waals surface area contributed by atoms with Crippen LogP contribution in [0, 0.1) is 6.92 Å². The molecule has 7 nitrogen and oxygen atoms in total. The van der Waals surface area contributed by atoms with Gasteiger partial charge in [0.1, 0.15) is 5.15 Å². The highest BCUT2D eigenvalue weighted by molar-refractivity contribution is 6.29. The first-order valence-electron chi connectivity index (χ1n) is 10.1. The molecule has 1 N–H and O–H groups in total. The lowest BCUT2D eigenvalue weighted by molar-refractivity contribution is -0.110. The number of hydrogen-bond donors (Lipinski definition) is 1. The van der Waals surface area contributed by atoms with Gasteiger partial charge in [-0.15, -0.1) is 0 Å². The molecular formula is C20H25ClF3N7. The molecule has 0 bridgehead atoms. The number of anilines is 1. The molecule has 0 spiro atoms. The number of aryl methyl sites for hydroxylation is 1. The van der Waals surface area contributed by atoms with Crippen LogP contribution in [0.25, 0.3) is 11.2 Å². The lowest BCUT2D eigenvalue weighted by atomic mass is 10.1. The number of allylic oxidation sites excluding steroid dienone is 2. The van der Waals surface area contributed by atoms with Gasteiger partial charge >= 0.3 is 6.18 Å². The average molecular weight is 456 g/mol. The van der Waals surface area contributed by atoms with Crippen molar-refractivity contribution in [3.8, 4) is 0 Å². The zero-order chi connectivity index (χ0) is 22.3. The van der Waals surface area contributed by atoms with Crippen LogP contribution in [0.4, 0.5) is 19.0 Å². The number of halogens is 4. The van der Waals surface area contributed by atoms with Crippen molar-refractivity contribution in [1.29, 1.82) is 0 Å². The highest BCUT2D eigenvalue weighted by atomic mass is 35.5. The van der Waals surface area contributed by atoms with E-state index in [0.29, 0.717) is 11.2 Å². The highest BCUT2D eigenvalue weighted by Crippen LogP contribution is 2.31. The summed E-state index contributed by atoms with van der Waals surface area (Å²) in [5.41, 5.74) is 7.22. The number of likely N-dealkylation sites (N-methyl/N-ethyl adjacent to an activating group) is 1. The van der Waals surface area contributed by atoms with E-state index in [2.05, 4.69) is 51.5 Å². The van der Waals surface area contributed by atoms with Gasteiger partial charge in [0.25, 0.3) is 0 Å². The van der Waals surface area contributed by atoms with Crippen LogP contribution in [0.2, 0.25) is 5.15 Å². The molecule has 31 heavy (non-hydrogen) atoms. The maximum atomic E-state index is 10.4. The third kappa shape index (κ3) is 4.59. The minimum atomic E-state index is -4.00. The number of imidazole rings is 1. The second-order valence-corrected chi connectivity index (χ2v) is 8.45. The number of nitrogens with one attached hydrogen (secondary N) is 1. The molecule has 0 aliphatic carbocycles. The number of fused-ring (bicyclic) bond motifs is 1. The number of hydrogen-bond acceptors (Lipinski definition) is 6. The Labute approximate surface area is 183 Å². The summed E-state index contributed by atoms with van der Waals surface area (Å²) in [5, 5.41) is 2.80. The molecule has 0 amide bonds. The van der Waals surface area contributed by atoms with Crippen LogP contribution in [0.1, 0.15) is 24.7 Å². The standard InChI is InChI=1S/C18H22ClN7.C2H3F3/c1-12-16(13-4-5-21-25(9-13)14-10-23(2)11-14)22-18(24-6-3-7-24)17-20-8-15(19)26(12)17;1-2(3,4)5/h4-5,8-9,14,21H,3,6-7,10-11H2,1-2H3;1H3. The van der Waals surface area contributed by atoms with Gasteiger partial charge in [0.05, 0.1) is 17.9 Å². The van der Waals surface area contributed by atoms with Gasteiger partial charge in [-0.25, -0.2) is 9.97 Å². The van der Waals surface area contributed by atoms with E-state index in [1.54, 1.807) is 6.20 Å². The Kier molecular flexibility index (Phi) is 5.78. The average Bonchev–Trinajstić information content (AvgIpc) is 3.01. The zero-order valence-corrected chi connectivity index (χ0v) is 18.4. The molecule has 168 valence electrons. The lowest BCUT2D eigenvalue weighted by Gasteiger charge is -2.43. The van der Waals surface area contributed by atoms with Crippen molar-refractivity contribution in [2.45, 2.75) is 32.5 Å². The van der Waals surface area contributed by atoms with Crippen molar-refractivity contribution in [1.82, 2.24) is 29.7 Å². The first-order valence-corrected chi connectivity index (χ1v) is 10.5. The third-order valence-electron chi connectivity index (χ3n) is 5.45. The van der Waals surface area contributed by atoms with Crippen LogP contribution in [-0.2, 0) is 0 Å². The molecule has 5 rings (SSSR count). The Balaban J connectivity index is 0.000000418. The molecule has 0 unspecified atom stereocenters. The molecule has 11 heteroatoms. The first-order chi connectivity index (χ1) is 14.6. The van der Waals surface area contributed by atoms with Gasteiger partial charge in [0.2, 0.25) is 0 Å². The first kappa shape index (κ1) is 21.8. The molecule has 3 aliphatic heterocycles. The van der Waals surface area contributed by atoms with E-state index in [4.69, 9.17) is 16.6 Å². The van der Waals surface area contributed by atoms with Gasteiger partial charge in [-0.1, -0.05) is 11.6 Å². The van der Waals surface area contributed by atoms with Crippen LogP contribution < -0.4 is 10.3 Å². The molecule has 0 saturated carbocycles. The van der Waals surface area contributed by atoms with Gasteiger partial charge in [0, 0.05) is 56.8 Å². The second-order valence-electron chi connectivity index (χ2n) is 8.06. The van der Waals surface area contributed by atoms with Crippen LogP contribution in [0.15, 0.2) is 24.7 Å². The Morgan fingerprint density at radius 1 is 1.23 bits per heavy atom. The quantitative estimate of drug-likeness (QED) is 0.765. The van der Waals surface area contributed by atoms with Crippen molar-refractivity contribution in [3.05, 3.63) is 41.2 Å². The normalized spacial score (nSPS) is 19.4. The lowest BCUT2D eigenvalue weighted by Crippen LogP contribution is -2.59. The number of likely N-dealkylation sites (tertiary alicyclic amines) is 1. The van der Waals surface area contributed by atoms with E-state index >= 15 is 0 Å². The predicted molar refractivity (Wildman–Crippen MR) is 115 cm³/mol. The van der Waals surface area contributed by atoms with Crippen molar-refractivity contribution >= 4 is 28.6 Å². The van der Waals surface area contributed by atoms with E-state index in [0.717, 1.165) is 54.6 Å². The van der Waals surface area contributed by atoms with Crippen molar-refractivity contribution in [3.63, 3.8) is 0 Å². The molecule has 3 aliphatic rings. The van der Waals surface area contributed by atoms with Crippen molar-refractivity contribution in [2.75, 3.05) is 38.1 Å². The number of hydrazine groups is 1. The van der Waals surface area contributed by atoms with Crippen LogP contribution in [-0.4, -0.2) is 69.7 Å². The molecule has 2 saturated heterocycles. The van der Waals surface area contributed by atoms with Gasteiger partial charge in [0.15, 0.2) is 11.5 Å². The summed E-state index contributed by atoms with van der Waals surface area (Å²) in [6, 6.07) is 0.482. The van der Waals surface area contributed by atoms with E-state index in [9.17, 15) is 13.2 Å². The van der Waals surface area contributed by atoms with Crippen molar-refractivity contribution in [2.24, 2.45) is 0 Å². The fraction of sp³-hybridized carbons (Fsp3) is 0.500. The van der Waals surface area contributed by atoms with Crippen LogP contribution in [0.5, 0.6) is 0 Å². The maximum absolute atomic E-state index is 10.4. The summed E-state index contributed by atoms with van der Waals surface area (Å²) in [4.78, 5) is 14.1. The zero-order valence-electron chi connectivity index (χ0n) is 17.6. The van der Waals surface area contributed by atoms with E-state index < -0.39 is 6.18 Å². The summed E-state index contributed by atoms with van der Waals surface area (Å²) in [5.74, 6) is 0.923. The number of rotatable bonds is 3. The molecule has 0 radical (unpaired) electrons. The summed E-state index contributed by atoms with van der Waals surface area (Å²) < 4.78 is 33.1. The number of alkyl halides is 3. The summed E-state index contributed by atoms with van der Waals surface area (Å²) in [6.45, 7) is 6.40. The predicted octanol–water partition coefficient (Wildman–Crippen LogP) is 3.46. The molecule has 2 aromatic heterocycles. The monoisotopic (exact) mass is 455 g/mol. The smallest absolute Gasteiger partial charge is 0.353 e. The fourth-order valence-electron chi connectivity index (χ4n) is 3.80. The summed E-state index contributed by atoms with van der Waals surface area (Å²) in [7, 11) is 2.14. The minimum absolute atomic E-state index is 0.188. The third-order valence-corrected chi connectivity index (χ3v) is 5.71. The molecular weight excluding hydrogens is 431 g/mol. The Morgan fingerprint density at radius 3 is 2.48 bits per heavy atom. The van der Waals surface area contributed by atoms with Gasteiger partial charge in [-0.3, -0.25) is 9.41 Å². The van der Waals surface area contributed by atoms with Crippen LogP contribution >= 0.6 is 11.6 Å².